The Bertz CT molecular complexity index is 372. The molecule has 0 unspecified atom stereocenters. The van der Waals surface area contributed by atoms with Crippen LogP contribution in [0.25, 0.3) is 0 Å². The SMILES string of the molecule is Cc1ccc(CC(=O)NC[C@H]2CCSC2)cn1. The summed E-state index contributed by atoms with van der Waals surface area (Å²) in [6, 6.07) is 3.91. The number of aromatic nitrogens is 1. The van der Waals surface area contributed by atoms with Gasteiger partial charge in [-0.25, -0.2) is 0 Å². The fraction of sp³-hybridized carbons (Fsp3) is 0.538. The van der Waals surface area contributed by atoms with Gasteiger partial charge in [0.1, 0.15) is 0 Å². The molecule has 1 aliphatic heterocycles. The number of thioether (sulfide) groups is 1. The maximum Gasteiger partial charge on any atom is 0.224 e. The van der Waals surface area contributed by atoms with Crippen LogP contribution >= 0.6 is 11.8 Å². The highest BCUT2D eigenvalue weighted by molar-refractivity contribution is 7.99. The molecule has 4 heteroatoms. The van der Waals surface area contributed by atoms with Crippen LogP contribution in [0.15, 0.2) is 18.3 Å². The van der Waals surface area contributed by atoms with Crippen molar-refractivity contribution in [1.82, 2.24) is 10.3 Å². The van der Waals surface area contributed by atoms with Gasteiger partial charge >= 0.3 is 0 Å². The van der Waals surface area contributed by atoms with Crippen molar-refractivity contribution in [3.05, 3.63) is 29.6 Å². The molecule has 2 heterocycles. The zero-order valence-corrected chi connectivity index (χ0v) is 10.9. The van der Waals surface area contributed by atoms with E-state index in [1.807, 2.05) is 30.8 Å². The van der Waals surface area contributed by atoms with E-state index >= 15 is 0 Å². The molecule has 0 bridgehead atoms. The lowest BCUT2D eigenvalue weighted by Crippen LogP contribution is -2.30. The summed E-state index contributed by atoms with van der Waals surface area (Å²) in [5.74, 6) is 3.20. The van der Waals surface area contributed by atoms with Crippen LogP contribution < -0.4 is 5.32 Å². The Balaban J connectivity index is 1.74. The monoisotopic (exact) mass is 250 g/mol. The van der Waals surface area contributed by atoms with Crippen LogP contribution in [0.1, 0.15) is 17.7 Å². The summed E-state index contributed by atoms with van der Waals surface area (Å²) in [6.45, 7) is 2.77. The summed E-state index contributed by atoms with van der Waals surface area (Å²) < 4.78 is 0. The lowest BCUT2D eigenvalue weighted by atomic mass is 10.1. The van der Waals surface area contributed by atoms with Crippen molar-refractivity contribution >= 4 is 17.7 Å². The first kappa shape index (κ1) is 12.4. The van der Waals surface area contributed by atoms with Crippen molar-refractivity contribution in [2.75, 3.05) is 18.1 Å². The Morgan fingerprint density at radius 2 is 2.47 bits per heavy atom. The van der Waals surface area contributed by atoms with Gasteiger partial charge in [-0.1, -0.05) is 6.07 Å². The first-order valence-electron chi connectivity index (χ1n) is 6.00. The lowest BCUT2D eigenvalue weighted by molar-refractivity contribution is -0.120. The van der Waals surface area contributed by atoms with Gasteiger partial charge in [0.05, 0.1) is 6.42 Å². The van der Waals surface area contributed by atoms with E-state index in [9.17, 15) is 4.79 Å². The molecular weight excluding hydrogens is 232 g/mol. The van der Waals surface area contributed by atoms with Crippen molar-refractivity contribution in [3.8, 4) is 0 Å². The molecule has 0 aliphatic carbocycles. The van der Waals surface area contributed by atoms with Crippen LogP contribution in [0.5, 0.6) is 0 Å². The van der Waals surface area contributed by atoms with Gasteiger partial charge < -0.3 is 5.32 Å². The molecule has 0 spiro atoms. The van der Waals surface area contributed by atoms with Gasteiger partial charge in [0, 0.05) is 18.4 Å². The Kier molecular flexibility index (Phi) is 4.42. The topological polar surface area (TPSA) is 42.0 Å². The van der Waals surface area contributed by atoms with Crippen LogP contribution in [0.4, 0.5) is 0 Å². The third kappa shape index (κ3) is 4.04. The van der Waals surface area contributed by atoms with E-state index in [-0.39, 0.29) is 5.91 Å². The van der Waals surface area contributed by atoms with Crippen LogP contribution in [0.3, 0.4) is 0 Å². The van der Waals surface area contributed by atoms with Gasteiger partial charge in [0.25, 0.3) is 0 Å². The van der Waals surface area contributed by atoms with Gasteiger partial charge in [-0.2, -0.15) is 11.8 Å². The predicted octanol–water partition coefficient (Wildman–Crippen LogP) is 1.80. The summed E-state index contributed by atoms with van der Waals surface area (Å²) in [7, 11) is 0. The molecule has 17 heavy (non-hydrogen) atoms. The second-order valence-corrected chi connectivity index (χ2v) is 5.67. The van der Waals surface area contributed by atoms with Gasteiger partial charge in [-0.15, -0.1) is 0 Å². The van der Waals surface area contributed by atoms with Crippen molar-refractivity contribution in [3.63, 3.8) is 0 Å². The predicted molar refractivity (Wildman–Crippen MR) is 71.1 cm³/mol. The molecule has 1 fully saturated rings. The third-order valence-corrected chi connectivity index (χ3v) is 4.18. The zero-order valence-electron chi connectivity index (χ0n) is 10.1. The third-order valence-electron chi connectivity index (χ3n) is 2.95. The lowest BCUT2D eigenvalue weighted by Gasteiger charge is -2.09. The molecule has 3 nitrogen and oxygen atoms in total. The molecule has 1 saturated heterocycles. The second kappa shape index (κ2) is 6.05. The first-order chi connectivity index (χ1) is 8.24. The Hall–Kier alpha value is -1.03. The Morgan fingerprint density at radius 3 is 3.12 bits per heavy atom. The molecular formula is C13H18N2OS. The van der Waals surface area contributed by atoms with Gasteiger partial charge in [0.15, 0.2) is 0 Å². The largest absolute Gasteiger partial charge is 0.356 e. The zero-order chi connectivity index (χ0) is 12.1. The summed E-state index contributed by atoms with van der Waals surface area (Å²) in [4.78, 5) is 15.9. The second-order valence-electron chi connectivity index (χ2n) is 4.52. The fourth-order valence-corrected chi connectivity index (χ4v) is 3.14. The summed E-state index contributed by atoms with van der Waals surface area (Å²) in [6.07, 6.45) is 3.45. The van der Waals surface area contributed by atoms with Gasteiger partial charge in [0.2, 0.25) is 5.91 Å². The van der Waals surface area contributed by atoms with E-state index < -0.39 is 0 Å². The maximum absolute atomic E-state index is 11.7. The highest BCUT2D eigenvalue weighted by atomic mass is 32.2. The number of hydrogen-bond donors (Lipinski definition) is 1. The van der Waals surface area contributed by atoms with Gasteiger partial charge in [-0.3, -0.25) is 9.78 Å². The molecule has 1 aliphatic rings. The van der Waals surface area contributed by atoms with Crippen LogP contribution in [-0.4, -0.2) is 28.9 Å². The average molecular weight is 250 g/mol. The summed E-state index contributed by atoms with van der Waals surface area (Å²) in [5, 5.41) is 3.01. The maximum atomic E-state index is 11.7. The fourth-order valence-electron chi connectivity index (χ4n) is 1.85. The van der Waals surface area contributed by atoms with E-state index in [0.29, 0.717) is 12.3 Å². The summed E-state index contributed by atoms with van der Waals surface area (Å²) >= 11 is 1.98. The number of rotatable bonds is 4. The average Bonchev–Trinajstić information content (AvgIpc) is 2.83. The minimum atomic E-state index is 0.104. The number of aryl methyl sites for hydroxylation is 1. The highest BCUT2D eigenvalue weighted by Crippen LogP contribution is 2.22. The number of carbonyl (C=O) groups excluding carboxylic acids is 1. The van der Waals surface area contributed by atoms with Crippen molar-refractivity contribution < 1.29 is 4.79 Å². The van der Waals surface area contributed by atoms with Crippen LogP contribution in [0.2, 0.25) is 0 Å². The normalized spacial score (nSPS) is 19.2. The number of amides is 1. The first-order valence-corrected chi connectivity index (χ1v) is 7.15. The van der Waals surface area contributed by atoms with Crippen molar-refractivity contribution in [2.45, 2.75) is 19.8 Å². The van der Waals surface area contributed by atoms with Crippen LogP contribution in [0, 0.1) is 12.8 Å². The van der Waals surface area contributed by atoms with E-state index in [1.54, 1.807) is 6.20 Å². The number of hydrogen-bond acceptors (Lipinski definition) is 3. The molecule has 2 rings (SSSR count). The number of carbonyl (C=O) groups is 1. The number of nitrogens with one attached hydrogen (secondary N) is 1. The molecule has 1 amide bonds. The van der Waals surface area contributed by atoms with E-state index in [4.69, 9.17) is 0 Å². The van der Waals surface area contributed by atoms with Crippen LogP contribution in [-0.2, 0) is 11.2 Å². The molecule has 1 N–H and O–H groups in total. The number of pyridine rings is 1. The minimum absolute atomic E-state index is 0.104. The van der Waals surface area contributed by atoms with E-state index in [2.05, 4.69) is 10.3 Å². The molecule has 0 radical (unpaired) electrons. The van der Waals surface area contributed by atoms with Crippen molar-refractivity contribution in [1.29, 1.82) is 0 Å². The smallest absolute Gasteiger partial charge is 0.224 e. The highest BCUT2D eigenvalue weighted by Gasteiger charge is 2.16. The molecule has 92 valence electrons. The standard InChI is InChI=1S/C13H18N2OS/c1-10-2-3-11(7-14-10)6-13(16)15-8-12-4-5-17-9-12/h2-3,7,12H,4-6,8-9H2,1H3,(H,15,16)/t12-/m1/s1. The minimum Gasteiger partial charge on any atom is -0.356 e. The molecule has 0 aromatic carbocycles. The van der Waals surface area contributed by atoms with Gasteiger partial charge in [-0.05, 0) is 42.4 Å². The molecule has 0 saturated carbocycles. The Labute approximate surface area is 106 Å². The van der Waals surface area contributed by atoms with E-state index in [1.165, 1.54) is 17.9 Å². The van der Waals surface area contributed by atoms with E-state index in [0.717, 1.165) is 17.8 Å². The molecule has 1 aromatic heterocycles. The molecule has 1 aromatic rings. The number of nitrogens with zero attached hydrogens (tertiary/aromatic N) is 1. The summed E-state index contributed by atoms with van der Waals surface area (Å²) in [5.41, 5.74) is 1.96. The quantitative estimate of drug-likeness (QED) is 0.886. The van der Waals surface area contributed by atoms with Crippen molar-refractivity contribution in [2.24, 2.45) is 5.92 Å². The molecule has 1 atom stereocenters. The Morgan fingerprint density at radius 1 is 1.59 bits per heavy atom.